The molecule has 1 heterocycles. The minimum atomic E-state index is 0.585. The van der Waals surface area contributed by atoms with Gasteiger partial charge < -0.3 is 15.0 Å². The summed E-state index contributed by atoms with van der Waals surface area (Å²) in [6.07, 6.45) is 3.71. The van der Waals surface area contributed by atoms with E-state index in [0.717, 1.165) is 29.1 Å². The summed E-state index contributed by atoms with van der Waals surface area (Å²) in [5, 5.41) is 0.677. The molecule has 18 heavy (non-hydrogen) atoms. The summed E-state index contributed by atoms with van der Waals surface area (Å²) in [6.45, 7) is 3.29. The van der Waals surface area contributed by atoms with Crippen LogP contribution in [0.4, 0.5) is 0 Å². The van der Waals surface area contributed by atoms with E-state index in [0.29, 0.717) is 11.6 Å². The number of halogens is 1. The van der Waals surface area contributed by atoms with Crippen LogP contribution in [0.15, 0.2) is 24.7 Å². The van der Waals surface area contributed by atoms with Crippen molar-refractivity contribution >= 4 is 11.6 Å². The van der Waals surface area contributed by atoms with Crippen LogP contribution in [0.25, 0.3) is 11.3 Å². The number of methoxy groups -OCH3 is 1. The molecule has 2 rings (SSSR count). The molecule has 0 fully saturated rings. The number of nitrogens with zero attached hydrogens (tertiary/aromatic N) is 2. The molecular weight excluding hydrogens is 250 g/mol. The molecule has 1 aromatic carbocycles. The van der Waals surface area contributed by atoms with Crippen LogP contribution < -0.4 is 10.5 Å². The highest BCUT2D eigenvalue weighted by atomic mass is 35.5. The lowest BCUT2D eigenvalue weighted by atomic mass is 10.1. The van der Waals surface area contributed by atoms with Gasteiger partial charge in [-0.3, -0.25) is 0 Å². The molecule has 2 aromatic rings. The van der Waals surface area contributed by atoms with Crippen LogP contribution in [0.5, 0.6) is 5.75 Å². The number of rotatable bonds is 4. The van der Waals surface area contributed by atoms with Gasteiger partial charge in [-0.2, -0.15) is 0 Å². The molecule has 0 aliphatic carbocycles. The fourth-order valence-corrected chi connectivity index (χ4v) is 2.23. The Morgan fingerprint density at radius 2 is 2.22 bits per heavy atom. The Balaban J connectivity index is 2.48. The topological polar surface area (TPSA) is 53.1 Å². The molecule has 0 saturated heterocycles. The number of aryl methyl sites for hydroxylation is 1. The third-order valence-electron chi connectivity index (χ3n) is 2.74. The summed E-state index contributed by atoms with van der Waals surface area (Å²) >= 11 is 6.09. The lowest BCUT2D eigenvalue weighted by molar-refractivity contribution is 0.413. The maximum absolute atomic E-state index is 6.09. The number of hydrogen-bond donors (Lipinski definition) is 1. The quantitative estimate of drug-likeness (QED) is 0.924. The van der Waals surface area contributed by atoms with E-state index in [-0.39, 0.29) is 0 Å². The third-order valence-corrected chi connectivity index (χ3v) is 2.96. The molecule has 0 atom stereocenters. The second-order valence-corrected chi connectivity index (χ2v) is 4.53. The SMILES string of the molecule is COc1c(C)cc(Cl)cc1-c1cn(CCN)cn1. The van der Waals surface area contributed by atoms with Crippen LogP contribution >= 0.6 is 11.6 Å². The Morgan fingerprint density at radius 1 is 1.44 bits per heavy atom. The molecule has 0 amide bonds. The summed E-state index contributed by atoms with van der Waals surface area (Å²) in [7, 11) is 1.65. The van der Waals surface area contributed by atoms with Gasteiger partial charge in [-0.1, -0.05) is 11.6 Å². The first-order valence-corrected chi connectivity index (χ1v) is 6.10. The highest BCUT2D eigenvalue weighted by Crippen LogP contribution is 2.34. The third kappa shape index (κ3) is 2.49. The van der Waals surface area contributed by atoms with Crippen molar-refractivity contribution in [2.75, 3.05) is 13.7 Å². The van der Waals surface area contributed by atoms with Crippen molar-refractivity contribution < 1.29 is 4.74 Å². The lowest BCUT2D eigenvalue weighted by Gasteiger charge is -2.10. The fraction of sp³-hybridized carbons (Fsp3) is 0.308. The average Bonchev–Trinajstić information content (AvgIpc) is 2.77. The summed E-state index contributed by atoms with van der Waals surface area (Å²) < 4.78 is 7.37. The van der Waals surface area contributed by atoms with Crippen molar-refractivity contribution in [1.82, 2.24) is 9.55 Å². The monoisotopic (exact) mass is 265 g/mol. The van der Waals surface area contributed by atoms with Gasteiger partial charge in [-0.25, -0.2) is 4.98 Å². The van der Waals surface area contributed by atoms with Crippen LogP contribution in [-0.4, -0.2) is 23.2 Å². The largest absolute Gasteiger partial charge is 0.496 e. The second kappa shape index (κ2) is 5.42. The molecule has 5 heteroatoms. The van der Waals surface area contributed by atoms with Crippen molar-refractivity contribution in [3.63, 3.8) is 0 Å². The van der Waals surface area contributed by atoms with Gasteiger partial charge in [0.05, 0.1) is 19.1 Å². The molecule has 2 N–H and O–H groups in total. The van der Waals surface area contributed by atoms with Crippen LogP contribution in [0.2, 0.25) is 5.02 Å². The summed E-state index contributed by atoms with van der Waals surface area (Å²) in [6, 6.07) is 3.74. The van der Waals surface area contributed by atoms with Gasteiger partial charge in [0, 0.05) is 29.9 Å². The van der Waals surface area contributed by atoms with Crippen LogP contribution in [-0.2, 0) is 6.54 Å². The first kappa shape index (κ1) is 12.9. The van der Waals surface area contributed by atoms with Crippen molar-refractivity contribution in [1.29, 1.82) is 0 Å². The smallest absolute Gasteiger partial charge is 0.131 e. The number of aromatic nitrogens is 2. The summed E-state index contributed by atoms with van der Waals surface area (Å²) in [5.41, 5.74) is 8.25. The van der Waals surface area contributed by atoms with E-state index in [2.05, 4.69) is 4.98 Å². The van der Waals surface area contributed by atoms with E-state index in [1.807, 2.05) is 29.8 Å². The van der Waals surface area contributed by atoms with Gasteiger partial charge in [-0.05, 0) is 24.6 Å². The fourth-order valence-electron chi connectivity index (χ4n) is 1.96. The Morgan fingerprint density at radius 3 is 2.89 bits per heavy atom. The number of nitrogens with two attached hydrogens (primary N) is 1. The van der Waals surface area contributed by atoms with Crippen LogP contribution in [0, 0.1) is 6.92 Å². The van der Waals surface area contributed by atoms with Crippen molar-refractivity contribution in [2.45, 2.75) is 13.5 Å². The number of imidazole rings is 1. The predicted octanol–water partition coefficient (Wildman–Crippen LogP) is 2.48. The van der Waals surface area contributed by atoms with E-state index in [4.69, 9.17) is 22.1 Å². The van der Waals surface area contributed by atoms with Crippen molar-refractivity contribution in [2.24, 2.45) is 5.73 Å². The molecule has 0 aliphatic rings. The van der Waals surface area contributed by atoms with E-state index in [1.165, 1.54) is 0 Å². The van der Waals surface area contributed by atoms with E-state index in [1.54, 1.807) is 13.4 Å². The zero-order valence-corrected chi connectivity index (χ0v) is 11.2. The van der Waals surface area contributed by atoms with E-state index in [9.17, 15) is 0 Å². The number of hydrogen-bond acceptors (Lipinski definition) is 3. The molecule has 0 aliphatic heterocycles. The molecular formula is C13H16ClN3O. The first-order chi connectivity index (χ1) is 8.65. The number of benzene rings is 1. The predicted molar refractivity (Wildman–Crippen MR) is 73.0 cm³/mol. The maximum Gasteiger partial charge on any atom is 0.131 e. The Labute approximate surface area is 111 Å². The average molecular weight is 266 g/mol. The molecule has 0 saturated carbocycles. The van der Waals surface area contributed by atoms with E-state index < -0.39 is 0 Å². The van der Waals surface area contributed by atoms with Gasteiger partial charge in [0.25, 0.3) is 0 Å². The van der Waals surface area contributed by atoms with Gasteiger partial charge in [0.15, 0.2) is 0 Å². The van der Waals surface area contributed by atoms with Crippen LogP contribution in [0.3, 0.4) is 0 Å². The van der Waals surface area contributed by atoms with Crippen molar-refractivity contribution in [3.05, 3.63) is 35.2 Å². The number of ether oxygens (including phenoxy) is 1. The Bertz CT molecular complexity index is 551. The minimum Gasteiger partial charge on any atom is -0.496 e. The van der Waals surface area contributed by atoms with Gasteiger partial charge >= 0.3 is 0 Å². The molecule has 96 valence electrons. The second-order valence-electron chi connectivity index (χ2n) is 4.09. The standard InChI is InChI=1S/C13H16ClN3O/c1-9-5-10(14)6-11(13(9)18-2)12-7-17(4-3-15)8-16-12/h5-8H,3-4,15H2,1-2H3. The Kier molecular flexibility index (Phi) is 3.89. The van der Waals surface area contributed by atoms with Gasteiger partial charge in [0.1, 0.15) is 5.75 Å². The lowest BCUT2D eigenvalue weighted by Crippen LogP contribution is -2.07. The molecule has 0 radical (unpaired) electrons. The Hall–Kier alpha value is -1.52. The molecule has 0 unspecified atom stereocenters. The van der Waals surface area contributed by atoms with Gasteiger partial charge in [0.2, 0.25) is 0 Å². The zero-order valence-electron chi connectivity index (χ0n) is 10.5. The van der Waals surface area contributed by atoms with E-state index >= 15 is 0 Å². The zero-order chi connectivity index (χ0) is 13.1. The maximum atomic E-state index is 6.09. The molecule has 0 spiro atoms. The first-order valence-electron chi connectivity index (χ1n) is 5.72. The summed E-state index contributed by atoms with van der Waals surface area (Å²) in [5.74, 6) is 0.803. The molecule has 1 aromatic heterocycles. The molecule has 4 nitrogen and oxygen atoms in total. The highest BCUT2D eigenvalue weighted by molar-refractivity contribution is 6.31. The molecule has 0 bridgehead atoms. The summed E-state index contributed by atoms with van der Waals surface area (Å²) in [4.78, 5) is 4.36. The normalized spacial score (nSPS) is 10.7. The van der Waals surface area contributed by atoms with Gasteiger partial charge in [-0.15, -0.1) is 0 Å². The highest BCUT2D eigenvalue weighted by Gasteiger charge is 2.12. The minimum absolute atomic E-state index is 0.585. The van der Waals surface area contributed by atoms with Crippen LogP contribution in [0.1, 0.15) is 5.56 Å². The van der Waals surface area contributed by atoms with Crippen molar-refractivity contribution in [3.8, 4) is 17.0 Å².